The van der Waals surface area contributed by atoms with Crippen molar-refractivity contribution in [1.29, 1.82) is 0 Å². The second kappa shape index (κ2) is 7.20. The molecule has 1 fully saturated rings. The molecule has 2 rings (SSSR count). The third-order valence-electron chi connectivity index (χ3n) is 3.66. The van der Waals surface area contributed by atoms with Crippen LogP contribution in [-0.4, -0.2) is 17.5 Å². The van der Waals surface area contributed by atoms with Crippen LogP contribution < -0.4 is 5.32 Å². The van der Waals surface area contributed by atoms with Crippen molar-refractivity contribution in [2.24, 2.45) is 0 Å². The Hall–Kier alpha value is -0.470. The monoisotopic (exact) mass is 263 g/mol. The van der Waals surface area contributed by atoms with Crippen LogP contribution >= 0.6 is 11.8 Å². The van der Waals surface area contributed by atoms with Crippen LogP contribution in [-0.2, 0) is 6.42 Å². The number of aryl methyl sites for hydroxylation is 1. The van der Waals surface area contributed by atoms with Gasteiger partial charge in [-0.3, -0.25) is 0 Å². The maximum atomic E-state index is 3.77. The molecule has 1 saturated heterocycles. The van der Waals surface area contributed by atoms with E-state index in [4.69, 9.17) is 0 Å². The Labute approximate surface area is 116 Å². The van der Waals surface area contributed by atoms with Crippen molar-refractivity contribution < 1.29 is 0 Å². The predicted octanol–water partition coefficient (Wildman–Crippen LogP) is 4.19. The zero-order valence-electron chi connectivity index (χ0n) is 11.6. The molecule has 2 unspecified atom stereocenters. The van der Waals surface area contributed by atoms with Gasteiger partial charge in [0.2, 0.25) is 0 Å². The van der Waals surface area contributed by atoms with Crippen molar-refractivity contribution in [3.8, 4) is 0 Å². The first kappa shape index (κ1) is 14.0. The molecule has 0 radical (unpaired) electrons. The number of benzene rings is 1. The molecule has 1 aromatic carbocycles. The molecule has 18 heavy (non-hydrogen) atoms. The Morgan fingerprint density at radius 1 is 1.33 bits per heavy atom. The zero-order chi connectivity index (χ0) is 12.8. The van der Waals surface area contributed by atoms with E-state index in [0.29, 0.717) is 12.1 Å². The van der Waals surface area contributed by atoms with Gasteiger partial charge in [0.05, 0.1) is 0 Å². The van der Waals surface area contributed by atoms with Gasteiger partial charge < -0.3 is 5.32 Å². The first-order chi connectivity index (χ1) is 8.79. The van der Waals surface area contributed by atoms with E-state index < -0.39 is 0 Å². The van der Waals surface area contributed by atoms with E-state index in [-0.39, 0.29) is 0 Å². The predicted molar refractivity (Wildman–Crippen MR) is 82.3 cm³/mol. The van der Waals surface area contributed by atoms with Crippen LogP contribution in [0.4, 0.5) is 0 Å². The number of hydrogen-bond donors (Lipinski definition) is 1. The van der Waals surface area contributed by atoms with Crippen molar-refractivity contribution in [2.75, 3.05) is 11.5 Å². The van der Waals surface area contributed by atoms with Crippen LogP contribution in [0.1, 0.15) is 50.3 Å². The Balaban J connectivity index is 1.89. The van der Waals surface area contributed by atoms with Gasteiger partial charge >= 0.3 is 0 Å². The molecule has 2 heteroatoms. The van der Waals surface area contributed by atoms with E-state index in [2.05, 4.69) is 55.2 Å². The van der Waals surface area contributed by atoms with Crippen LogP contribution in [0.5, 0.6) is 0 Å². The fourth-order valence-electron chi connectivity index (χ4n) is 2.58. The summed E-state index contributed by atoms with van der Waals surface area (Å²) in [6.45, 7) is 4.52. The van der Waals surface area contributed by atoms with Gasteiger partial charge in [0.25, 0.3) is 0 Å². The molecule has 1 aromatic rings. The first-order valence-electron chi connectivity index (χ1n) is 7.22. The third-order valence-corrected chi connectivity index (χ3v) is 4.88. The maximum Gasteiger partial charge on any atom is 0.0294 e. The highest BCUT2D eigenvalue weighted by Gasteiger charge is 2.16. The zero-order valence-corrected chi connectivity index (χ0v) is 12.4. The molecule has 0 amide bonds. The van der Waals surface area contributed by atoms with Gasteiger partial charge in [-0.1, -0.05) is 37.6 Å². The molecule has 1 nitrogen and oxygen atoms in total. The highest BCUT2D eigenvalue weighted by Crippen LogP contribution is 2.21. The second-order valence-electron chi connectivity index (χ2n) is 5.29. The van der Waals surface area contributed by atoms with Gasteiger partial charge in [-0.05, 0) is 43.1 Å². The smallest absolute Gasteiger partial charge is 0.0294 e. The molecule has 0 bridgehead atoms. The first-order valence-corrected chi connectivity index (χ1v) is 8.37. The van der Waals surface area contributed by atoms with Crippen molar-refractivity contribution >= 4 is 11.8 Å². The van der Waals surface area contributed by atoms with Crippen molar-refractivity contribution in [3.63, 3.8) is 0 Å². The summed E-state index contributed by atoms with van der Waals surface area (Å²) < 4.78 is 0. The van der Waals surface area contributed by atoms with E-state index in [9.17, 15) is 0 Å². The molecular formula is C16H25NS. The Bertz CT molecular complexity index is 341. The summed E-state index contributed by atoms with van der Waals surface area (Å²) in [6.07, 6.45) is 5.13. The Morgan fingerprint density at radius 3 is 2.72 bits per heavy atom. The lowest BCUT2D eigenvalue weighted by Gasteiger charge is -2.26. The molecule has 2 atom stereocenters. The molecule has 0 spiro atoms. The average molecular weight is 263 g/mol. The van der Waals surface area contributed by atoms with E-state index in [1.807, 2.05) is 0 Å². The third kappa shape index (κ3) is 4.03. The summed E-state index contributed by atoms with van der Waals surface area (Å²) in [7, 11) is 0. The van der Waals surface area contributed by atoms with Gasteiger partial charge in [0.1, 0.15) is 0 Å². The highest BCUT2D eigenvalue weighted by molar-refractivity contribution is 7.99. The van der Waals surface area contributed by atoms with Gasteiger partial charge in [-0.15, -0.1) is 0 Å². The van der Waals surface area contributed by atoms with E-state index in [1.54, 1.807) is 0 Å². The minimum Gasteiger partial charge on any atom is -0.307 e. The Kier molecular flexibility index (Phi) is 5.58. The molecule has 0 aliphatic carbocycles. The molecule has 0 saturated carbocycles. The van der Waals surface area contributed by atoms with Gasteiger partial charge in [-0.2, -0.15) is 11.8 Å². The van der Waals surface area contributed by atoms with E-state index >= 15 is 0 Å². The van der Waals surface area contributed by atoms with Crippen LogP contribution in [0.3, 0.4) is 0 Å². The van der Waals surface area contributed by atoms with Gasteiger partial charge in [0.15, 0.2) is 0 Å². The van der Waals surface area contributed by atoms with Gasteiger partial charge in [0, 0.05) is 17.8 Å². The van der Waals surface area contributed by atoms with Crippen molar-refractivity contribution in [1.82, 2.24) is 5.32 Å². The van der Waals surface area contributed by atoms with Crippen LogP contribution in [0.25, 0.3) is 0 Å². The molecule has 100 valence electrons. The molecular weight excluding hydrogens is 238 g/mol. The SMILES string of the molecule is CCCc1ccc(C(C)NC2CCCSC2)cc1. The summed E-state index contributed by atoms with van der Waals surface area (Å²) in [5.41, 5.74) is 2.88. The summed E-state index contributed by atoms with van der Waals surface area (Å²) in [4.78, 5) is 0. The van der Waals surface area contributed by atoms with E-state index in [0.717, 1.165) is 0 Å². The highest BCUT2D eigenvalue weighted by atomic mass is 32.2. The standard InChI is InChI=1S/C16H25NS/c1-3-5-14-7-9-15(10-8-14)13(2)17-16-6-4-11-18-12-16/h7-10,13,16-17H,3-6,11-12H2,1-2H3. The molecule has 0 aromatic heterocycles. The molecule has 1 aliphatic rings. The van der Waals surface area contributed by atoms with Crippen molar-refractivity contribution in [2.45, 2.75) is 51.6 Å². The second-order valence-corrected chi connectivity index (χ2v) is 6.44. The maximum absolute atomic E-state index is 3.77. The summed E-state index contributed by atoms with van der Waals surface area (Å²) in [5, 5.41) is 3.77. The molecule has 1 N–H and O–H groups in total. The van der Waals surface area contributed by atoms with E-state index in [1.165, 1.54) is 48.3 Å². The number of nitrogens with one attached hydrogen (secondary N) is 1. The summed E-state index contributed by atoms with van der Waals surface area (Å²) >= 11 is 2.09. The minimum atomic E-state index is 0.476. The average Bonchev–Trinajstić information content (AvgIpc) is 2.41. The molecule has 1 heterocycles. The lowest BCUT2D eigenvalue weighted by Crippen LogP contribution is -2.35. The summed E-state index contributed by atoms with van der Waals surface area (Å²) in [5.74, 6) is 2.62. The fourth-order valence-corrected chi connectivity index (χ4v) is 3.67. The van der Waals surface area contributed by atoms with Gasteiger partial charge in [-0.25, -0.2) is 0 Å². The van der Waals surface area contributed by atoms with Crippen LogP contribution in [0, 0.1) is 0 Å². The number of rotatable bonds is 5. The van der Waals surface area contributed by atoms with Crippen LogP contribution in [0.2, 0.25) is 0 Å². The Morgan fingerprint density at radius 2 is 2.11 bits per heavy atom. The fraction of sp³-hybridized carbons (Fsp3) is 0.625. The largest absolute Gasteiger partial charge is 0.307 e. The molecule has 1 aliphatic heterocycles. The van der Waals surface area contributed by atoms with Crippen molar-refractivity contribution in [3.05, 3.63) is 35.4 Å². The normalized spacial score (nSPS) is 21.8. The summed E-state index contributed by atoms with van der Waals surface area (Å²) in [6, 6.07) is 10.3. The number of hydrogen-bond acceptors (Lipinski definition) is 2. The minimum absolute atomic E-state index is 0.476. The lowest BCUT2D eigenvalue weighted by atomic mass is 10.0. The quantitative estimate of drug-likeness (QED) is 0.855. The number of thioether (sulfide) groups is 1. The topological polar surface area (TPSA) is 12.0 Å². The van der Waals surface area contributed by atoms with Crippen LogP contribution in [0.15, 0.2) is 24.3 Å². The lowest BCUT2D eigenvalue weighted by molar-refractivity contribution is 0.452.